The summed E-state index contributed by atoms with van der Waals surface area (Å²) in [4.78, 5) is 8.76. The second kappa shape index (κ2) is 5.95. The number of aromatic nitrogens is 1. The lowest BCUT2D eigenvalue weighted by molar-refractivity contribution is 0.602. The molecule has 0 amide bonds. The molecular weight excluding hydrogens is 260 g/mol. The summed E-state index contributed by atoms with van der Waals surface area (Å²) in [6, 6.07) is 4.67. The molecule has 0 aliphatic heterocycles. The minimum atomic E-state index is 0.265. The summed E-state index contributed by atoms with van der Waals surface area (Å²) >= 11 is 3.67. The van der Waals surface area contributed by atoms with Gasteiger partial charge in [-0.05, 0) is 45.9 Å². The van der Waals surface area contributed by atoms with Gasteiger partial charge in [0.05, 0.1) is 11.7 Å². The maximum Gasteiger partial charge on any atom is 0.115 e. The minimum absolute atomic E-state index is 0.265. The van der Waals surface area contributed by atoms with Crippen LogP contribution in [0.5, 0.6) is 0 Å². The fourth-order valence-electron chi connectivity index (χ4n) is 1.83. The average molecular weight is 280 g/mol. The highest BCUT2D eigenvalue weighted by Gasteiger charge is 2.19. The second-order valence-electron chi connectivity index (χ2n) is 4.53. The van der Waals surface area contributed by atoms with Crippen molar-refractivity contribution in [2.24, 2.45) is 0 Å². The normalized spacial score (nSPS) is 12.9. The highest BCUT2D eigenvalue weighted by molar-refractivity contribution is 7.13. The van der Waals surface area contributed by atoms with Gasteiger partial charge in [0.1, 0.15) is 5.01 Å². The summed E-state index contributed by atoms with van der Waals surface area (Å²) in [5.74, 6) is 0. The molecule has 1 N–H and O–H groups in total. The van der Waals surface area contributed by atoms with Crippen molar-refractivity contribution in [1.29, 1.82) is 0 Å². The molecule has 0 aliphatic carbocycles. The van der Waals surface area contributed by atoms with Gasteiger partial charge in [-0.2, -0.15) is 0 Å². The summed E-state index contributed by atoms with van der Waals surface area (Å²) in [5, 5.41) is 4.81. The topological polar surface area (TPSA) is 24.9 Å². The number of hydrogen-bond donors (Lipinski definition) is 1. The molecule has 0 bridgehead atoms. The van der Waals surface area contributed by atoms with E-state index in [1.54, 1.807) is 0 Å². The second-order valence-corrected chi connectivity index (χ2v) is 7.08. The predicted molar refractivity (Wildman–Crippen MR) is 80.8 cm³/mol. The Bertz CT molecular complexity index is 494. The van der Waals surface area contributed by atoms with Crippen LogP contribution in [-0.4, -0.2) is 11.5 Å². The maximum atomic E-state index is 4.71. The van der Waals surface area contributed by atoms with Crippen LogP contribution >= 0.6 is 22.7 Å². The predicted octanol–water partition coefficient (Wildman–Crippen LogP) is 4.22. The quantitative estimate of drug-likeness (QED) is 0.887. The number of thiazole rings is 1. The number of nitrogens with zero attached hydrogens (tertiary/aromatic N) is 1. The summed E-state index contributed by atoms with van der Waals surface area (Å²) in [5.41, 5.74) is 1.16. The van der Waals surface area contributed by atoms with Crippen LogP contribution in [0.3, 0.4) is 0 Å². The van der Waals surface area contributed by atoms with Crippen LogP contribution in [0.15, 0.2) is 12.1 Å². The van der Waals surface area contributed by atoms with Gasteiger partial charge in [-0.15, -0.1) is 22.7 Å². The van der Waals surface area contributed by atoms with E-state index in [4.69, 9.17) is 4.98 Å². The molecule has 0 aromatic carbocycles. The Morgan fingerprint density at radius 1 is 1.22 bits per heavy atom. The summed E-state index contributed by atoms with van der Waals surface area (Å²) < 4.78 is 0. The molecule has 4 heteroatoms. The summed E-state index contributed by atoms with van der Waals surface area (Å²) in [7, 11) is 0. The first-order valence-electron chi connectivity index (χ1n) is 6.35. The lowest BCUT2D eigenvalue weighted by atomic mass is 10.2. The standard InChI is InChI=1S/C14H20N2S2/c1-5-8-15-13(12-7-6-9(2)17-12)14-16-10(3)11(4)18-14/h6-7,13,15H,5,8H2,1-4H3. The maximum absolute atomic E-state index is 4.71. The zero-order chi connectivity index (χ0) is 13.1. The molecule has 2 heterocycles. The molecule has 1 unspecified atom stereocenters. The molecule has 2 aromatic heterocycles. The van der Waals surface area contributed by atoms with Crippen molar-refractivity contribution in [2.45, 2.75) is 40.2 Å². The number of aryl methyl sites for hydroxylation is 3. The van der Waals surface area contributed by atoms with Crippen molar-refractivity contribution in [2.75, 3.05) is 6.54 Å². The fourth-order valence-corrected chi connectivity index (χ4v) is 3.88. The number of thiophene rings is 1. The monoisotopic (exact) mass is 280 g/mol. The van der Waals surface area contributed by atoms with Gasteiger partial charge in [0.25, 0.3) is 0 Å². The van der Waals surface area contributed by atoms with Gasteiger partial charge in [0, 0.05) is 14.6 Å². The van der Waals surface area contributed by atoms with Crippen molar-refractivity contribution in [3.8, 4) is 0 Å². The van der Waals surface area contributed by atoms with Gasteiger partial charge in [0.2, 0.25) is 0 Å². The first-order valence-corrected chi connectivity index (χ1v) is 7.98. The van der Waals surface area contributed by atoms with Gasteiger partial charge >= 0.3 is 0 Å². The van der Waals surface area contributed by atoms with Gasteiger partial charge < -0.3 is 5.32 Å². The highest BCUT2D eigenvalue weighted by Crippen LogP contribution is 2.31. The zero-order valence-electron chi connectivity index (χ0n) is 11.4. The first kappa shape index (κ1) is 13.7. The highest BCUT2D eigenvalue weighted by atomic mass is 32.1. The molecule has 2 nitrogen and oxygen atoms in total. The Hall–Kier alpha value is -0.710. The first-order chi connectivity index (χ1) is 8.61. The van der Waals surface area contributed by atoms with Crippen molar-refractivity contribution in [3.05, 3.63) is 37.5 Å². The van der Waals surface area contributed by atoms with E-state index in [-0.39, 0.29) is 6.04 Å². The van der Waals surface area contributed by atoms with E-state index in [0.29, 0.717) is 0 Å². The molecule has 2 aromatic rings. The average Bonchev–Trinajstić information content (AvgIpc) is 2.88. The molecule has 0 aliphatic rings. The van der Waals surface area contributed by atoms with Gasteiger partial charge in [-0.3, -0.25) is 0 Å². The Balaban J connectivity index is 2.30. The van der Waals surface area contributed by atoms with Crippen LogP contribution in [-0.2, 0) is 0 Å². The van der Waals surface area contributed by atoms with E-state index >= 15 is 0 Å². The van der Waals surface area contributed by atoms with Crippen LogP contribution in [0.25, 0.3) is 0 Å². The van der Waals surface area contributed by atoms with E-state index in [0.717, 1.165) is 18.7 Å². The largest absolute Gasteiger partial charge is 0.304 e. The van der Waals surface area contributed by atoms with E-state index in [2.05, 4.69) is 45.1 Å². The molecule has 0 fully saturated rings. The van der Waals surface area contributed by atoms with Crippen molar-refractivity contribution in [1.82, 2.24) is 10.3 Å². The summed E-state index contributed by atoms with van der Waals surface area (Å²) in [6.45, 7) is 9.61. The van der Waals surface area contributed by atoms with Gasteiger partial charge in [-0.1, -0.05) is 6.92 Å². The van der Waals surface area contributed by atoms with Crippen LogP contribution in [0.2, 0.25) is 0 Å². The third-order valence-electron chi connectivity index (χ3n) is 2.94. The third-order valence-corrected chi connectivity index (χ3v) is 5.14. The van der Waals surface area contributed by atoms with Crippen LogP contribution in [0, 0.1) is 20.8 Å². The van der Waals surface area contributed by atoms with E-state index in [1.807, 2.05) is 22.7 Å². The number of nitrogens with one attached hydrogen (secondary N) is 1. The Kier molecular flexibility index (Phi) is 4.54. The molecule has 0 spiro atoms. The molecular formula is C14H20N2S2. The smallest absolute Gasteiger partial charge is 0.115 e. The van der Waals surface area contributed by atoms with E-state index < -0.39 is 0 Å². The van der Waals surface area contributed by atoms with Crippen LogP contribution in [0.4, 0.5) is 0 Å². The summed E-state index contributed by atoms with van der Waals surface area (Å²) in [6.07, 6.45) is 1.14. The Labute approximate surface area is 117 Å². The van der Waals surface area contributed by atoms with Gasteiger partial charge in [-0.25, -0.2) is 4.98 Å². The van der Waals surface area contributed by atoms with Crippen LogP contribution in [0.1, 0.15) is 44.7 Å². The molecule has 0 saturated heterocycles. The molecule has 2 rings (SSSR count). The molecule has 98 valence electrons. The third kappa shape index (κ3) is 2.99. The van der Waals surface area contributed by atoms with Crippen molar-refractivity contribution >= 4 is 22.7 Å². The molecule has 1 atom stereocenters. The van der Waals surface area contributed by atoms with Crippen molar-refractivity contribution in [3.63, 3.8) is 0 Å². The van der Waals surface area contributed by atoms with E-state index in [9.17, 15) is 0 Å². The number of rotatable bonds is 5. The fraction of sp³-hybridized carbons (Fsp3) is 0.500. The minimum Gasteiger partial charge on any atom is -0.304 e. The molecule has 0 saturated carbocycles. The van der Waals surface area contributed by atoms with E-state index in [1.165, 1.54) is 19.6 Å². The van der Waals surface area contributed by atoms with Gasteiger partial charge in [0.15, 0.2) is 0 Å². The molecule has 0 radical (unpaired) electrons. The number of hydrogen-bond acceptors (Lipinski definition) is 4. The van der Waals surface area contributed by atoms with Crippen molar-refractivity contribution < 1.29 is 0 Å². The SMILES string of the molecule is CCCNC(c1ccc(C)s1)c1nc(C)c(C)s1. The molecule has 18 heavy (non-hydrogen) atoms. The zero-order valence-corrected chi connectivity index (χ0v) is 13.0. The lowest BCUT2D eigenvalue weighted by Crippen LogP contribution is -2.22. The Morgan fingerprint density at radius 2 is 2.00 bits per heavy atom. The van der Waals surface area contributed by atoms with Crippen LogP contribution < -0.4 is 5.32 Å². The lowest BCUT2D eigenvalue weighted by Gasteiger charge is -2.14. The Morgan fingerprint density at radius 3 is 2.50 bits per heavy atom.